The third kappa shape index (κ3) is 4.15. The van der Waals surface area contributed by atoms with Crippen LogP contribution in [0.4, 0.5) is 13.2 Å². The Balaban J connectivity index is 1.97. The van der Waals surface area contributed by atoms with Crippen molar-refractivity contribution in [2.45, 2.75) is 24.3 Å². The summed E-state index contributed by atoms with van der Waals surface area (Å²) in [5, 5.41) is -0.0941. The number of thiol groups is 1. The number of benzene rings is 1. The normalized spacial score (nSPS) is 23.1. The van der Waals surface area contributed by atoms with Crippen LogP contribution in [0, 0.1) is 17.5 Å². The second kappa shape index (κ2) is 6.77. The Hall–Kier alpha value is -0.770. The molecule has 9 heteroatoms. The molecule has 0 amide bonds. The molecule has 0 bridgehead atoms. The van der Waals surface area contributed by atoms with Gasteiger partial charge < -0.3 is 4.74 Å². The van der Waals surface area contributed by atoms with Crippen molar-refractivity contribution in [1.82, 2.24) is 4.31 Å². The van der Waals surface area contributed by atoms with Crippen LogP contribution in [0.1, 0.15) is 12.0 Å². The molecule has 0 aromatic heterocycles. The largest absolute Gasteiger partial charge is 0.375 e. The number of hydrogen-bond donors (Lipinski definition) is 1. The summed E-state index contributed by atoms with van der Waals surface area (Å²) >= 11 is 4.26. The first-order valence-electron chi connectivity index (χ1n) is 6.54. The molecule has 0 N–H and O–H groups in total. The fourth-order valence-electron chi connectivity index (χ4n) is 2.40. The first-order chi connectivity index (χ1) is 10.2. The smallest absolute Gasteiger partial charge is 0.211 e. The Labute approximate surface area is 132 Å². The van der Waals surface area contributed by atoms with E-state index in [1.165, 1.54) is 4.31 Å². The van der Waals surface area contributed by atoms with E-state index < -0.39 is 33.5 Å². The maximum atomic E-state index is 13.5. The average Bonchev–Trinajstić information content (AvgIpc) is 2.77. The first-order valence-corrected chi connectivity index (χ1v) is 8.91. The van der Waals surface area contributed by atoms with Crippen molar-refractivity contribution in [3.63, 3.8) is 0 Å². The van der Waals surface area contributed by atoms with Gasteiger partial charge in [0.25, 0.3) is 0 Å². The second-order valence-corrected chi connectivity index (χ2v) is 7.91. The molecule has 0 saturated carbocycles. The van der Waals surface area contributed by atoms with Crippen molar-refractivity contribution in [2.75, 3.05) is 19.4 Å². The highest BCUT2D eigenvalue weighted by Gasteiger charge is 2.36. The predicted octanol–water partition coefficient (Wildman–Crippen LogP) is 1.95. The average molecular weight is 355 g/mol. The van der Waals surface area contributed by atoms with Gasteiger partial charge in [-0.2, -0.15) is 16.9 Å². The van der Waals surface area contributed by atoms with Crippen LogP contribution in [0.5, 0.6) is 0 Å². The Morgan fingerprint density at radius 3 is 2.55 bits per heavy atom. The molecule has 1 aliphatic rings. The van der Waals surface area contributed by atoms with Gasteiger partial charge in [-0.25, -0.2) is 21.6 Å². The van der Waals surface area contributed by atoms with Gasteiger partial charge in [-0.15, -0.1) is 0 Å². The van der Waals surface area contributed by atoms with Gasteiger partial charge in [0.1, 0.15) is 5.82 Å². The monoisotopic (exact) mass is 355 g/mol. The molecule has 0 spiro atoms. The SMILES string of the molecule is CS(=O)(=O)N1CC(S)CC1COCc1cc(F)c(F)cc1F. The summed E-state index contributed by atoms with van der Waals surface area (Å²) in [6.07, 6.45) is 1.61. The summed E-state index contributed by atoms with van der Waals surface area (Å²) in [4.78, 5) is 0. The lowest BCUT2D eigenvalue weighted by atomic mass is 10.2. The zero-order chi connectivity index (χ0) is 16.5. The Morgan fingerprint density at radius 2 is 1.91 bits per heavy atom. The van der Waals surface area contributed by atoms with Crippen LogP contribution in [0.2, 0.25) is 0 Å². The number of halogens is 3. The van der Waals surface area contributed by atoms with E-state index >= 15 is 0 Å². The molecule has 2 unspecified atom stereocenters. The summed E-state index contributed by atoms with van der Waals surface area (Å²) in [5.74, 6) is -3.33. The van der Waals surface area contributed by atoms with Gasteiger partial charge in [-0.05, 0) is 12.5 Å². The van der Waals surface area contributed by atoms with Gasteiger partial charge >= 0.3 is 0 Å². The first kappa shape index (κ1) is 17.6. The Morgan fingerprint density at radius 1 is 1.27 bits per heavy atom. The predicted molar refractivity (Wildman–Crippen MR) is 78.7 cm³/mol. The maximum absolute atomic E-state index is 13.5. The summed E-state index contributed by atoms with van der Waals surface area (Å²) in [6.45, 7) is 0.0481. The lowest BCUT2D eigenvalue weighted by molar-refractivity contribution is 0.0854. The van der Waals surface area contributed by atoms with Gasteiger partial charge in [0.15, 0.2) is 11.6 Å². The fourth-order valence-corrected chi connectivity index (χ4v) is 4.07. The molecular formula is C13H16F3NO3S2. The molecule has 1 aromatic carbocycles. The Kier molecular flexibility index (Phi) is 5.41. The zero-order valence-electron chi connectivity index (χ0n) is 11.8. The highest BCUT2D eigenvalue weighted by Crippen LogP contribution is 2.25. The molecular weight excluding hydrogens is 339 g/mol. The van der Waals surface area contributed by atoms with E-state index in [1.54, 1.807) is 0 Å². The molecule has 2 atom stereocenters. The van der Waals surface area contributed by atoms with Crippen LogP contribution < -0.4 is 0 Å². The van der Waals surface area contributed by atoms with Crippen molar-refractivity contribution in [1.29, 1.82) is 0 Å². The molecule has 124 valence electrons. The van der Waals surface area contributed by atoms with E-state index in [1.807, 2.05) is 0 Å². The maximum Gasteiger partial charge on any atom is 0.211 e. The fraction of sp³-hybridized carbons (Fsp3) is 0.538. The lowest BCUT2D eigenvalue weighted by Gasteiger charge is -2.21. The van der Waals surface area contributed by atoms with Crippen molar-refractivity contribution >= 4 is 22.7 Å². The third-order valence-electron chi connectivity index (χ3n) is 3.43. The van der Waals surface area contributed by atoms with Crippen molar-refractivity contribution < 1.29 is 26.3 Å². The van der Waals surface area contributed by atoms with E-state index in [4.69, 9.17) is 4.74 Å². The highest BCUT2D eigenvalue weighted by molar-refractivity contribution is 7.88. The van der Waals surface area contributed by atoms with Crippen molar-refractivity contribution in [3.05, 3.63) is 35.1 Å². The van der Waals surface area contributed by atoms with E-state index in [-0.39, 0.29) is 30.6 Å². The molecule has 0 aliphatic carbocycles. The molecule has 1 aliphatic heterocycles. The summed E-state index contributed by atoms with van der Waals surface area (Å²) < 4.78 is 69.2. The third-order valence-corrected chi connectivity index (χ3v) is 5.10. The van der Waals surface area contributed by atoms with Crippen LogP contribution in [0.15, 0.2) is 12.1 Å². The highest BCUT2D eigenvalue weighted by atomic mass is 32.2. The van der Waals surface area contributed by atoms with Gasteiger partial charge in [0.2, 0.25) is 10.0 Å². The van der Waals surface area contributed by atoms with Gasteiger partial charge in [-0.3, -0.25) is 0 Å². The van der Waals surface area contributed by atoms with Gasteiger partial charge in [0, 0.05) is 29.5 Å². The van der Waals surface area contributed by atoms with Crippen LogP contribution in [-0.2, 0) is 21.4 Å². The number of rotatable bonds is 5. The summed E-state index contributed by atoms with van der Waals surface area (Å²) in [5.41, 5.74) is -0.120. The molecule has 1 aromatic rings. The van der Waals surface area contributed by atoms with Crippen LogP contribution in [0.25, 0.3) is 0 Å². The van der Waals surface area contributed by atoms with Crippen molar-refractivity contribution in [3.8, 4) is 0 Å². The van der Waals surface area contributed by atoms with E-state index in [9.17, 15) is 21.6 Å². The molecule has 0 radical (unpaired) electrons. The number of sulfonamides is 1. The van der Waals surface area contributed by atoms with Crippen LogP contribution in [-0.4, -0.2) is 43.4 Å². The van der Waals surface area contributed by atoms with E-state index in [2.05, 4.69) is 12.6 Å². The topological polar surface area (TPSA) is 46.6 Å². The lowest BCUT2D eigenvalue weighted by Crippen LogP contribution is -2.37. The number of hydrogen-bond acceptors (Lipinski definition) is 4. The van der Waals surface area contributed by atoms with E-state index in [0.717, 1.165) is 12.3 Å². The van der Waals surface area contributed by atoms with Gasteiger partial charge in [0.05, 0.1) is 19.5 Å². The second-order valence-electron chi connectivity index (χ2n) is 5.25. The molecule has 4 nitrogen and oxygen atoms in total. The van der Waals surface area contributed by atoms with Crippen molar-refractivity contribution in [2.24, 2.45) is 0 Å². The van der Waals surface area contributed by atoms with Crippen LogP contribution in [0.3, 0.4) is 0 Å². The molecule has 1 fully saturated rings. The van der Waals surface area contributed by atoms with Gasteiger partial charge in [-0.1, -0.05) is 0 Å². The number of ether oxygens (including phenoxy) is 1. The standard InChI is InChI=1S/C13H16F3NO3S2/c1-22(18,19)17-5-10(21)3-9(17)7-20-6-8-2-12(15)13(16)4-11(8)14/h2,4,9-10,21H,3,5-7H2,1H3. The van der Waals surface area contributed by atoms with E-state index in [0.29, 0.717) is 12.5 Å². The summed E-state index contributed by atoms with van der Waals surface area (Å²) in [7, 11) is -3.38. The molecule has 2 rings (SSSR count). The number of nitrogens with zero attached hydrogens (tertiary/aromatic N) is 1. The molecule has 1 saturated heterocycles. The summed E-state index contributed by atoms with van der Waals surface area (Å²) in [6, 6.07) is 0.788. The molecule has 1 heterocycles. The zero-order valence-corrected chi connectivity index (χ0v) is 13.5. The Bertz CT molecular complexity index is 654. The minimum absolute atomic E-state index is 0.0303. The quantitative estimate of drug-likeness (QED) is 0.649. The molecule has 22 heavy (non-hydrogen) atoms. The minimum Gasteiger partial charge on any atom is -0.375 e. The van der Waals surface area contributed by atoms with Crippen LogP contribution >= 0.6 is 12.6 Å². The minimum atomic E-state index is -3.38.